The third kappa shape index (κ3) is 4.54. The lowest BCUT2D eigenvalue weighted by molar-refractivity contribution is -0.113. The van der Waals surface area contributed by atoms with Gasteiger partial charge in [-0.1, -0.05) is 19.1 Å². The highest BCUT2D eigenvalue weighted by Gasteiger charge is 2.20. The van der Waals surface area contributed by atoms with Gasteiger partial charge in [0.15, 0.2) is 5.13 Å². The molecule has 1 aliphatic rings. The van der Waals surface area contributed by atoms with Crippen LogP contribution in [0.2, 0.25) is 0 Å². The van der Waals surface area contributed by atoms with E-state index < -0.39 is 0 Å². The summed E-state index contributed by atoms with van der Waals surface area (Å²) in [6, 6.07) is 6.38. The zero-order chi connectivity index (χ0) is 16.2. The Morgan fingerprint density at radius 3 is 3.00 bits per heavy atom. The van der Waals surface area contributed by atoms with E-state index in [-0.39, 0.29) is 11.7 Å². The molecule has 1 heterocycles. The molecule has 122 valence electrons. The zero-order valence-electron chi connectivity index (χ0n) is 13.0. The first-order valence-electron chi connectivity index (χ1n) is 7.71. The molecule has 0 radical (unpaired) electrons. The molecule has 1 N–H and O–H groups in total. The molecule has 6 heteroatoms. The Morgan fingerprint density at radius 1 is 1.43 bits per heavy atom. The first-order chi connectivity index (χ1) is 11.1. The van der Waals surface area contributed by atoms with E-state index in [0.29, 0.717) is 17.4 Å². The number of halogens is 1. The largest absolute Gasteiger partial charge is 0.301 e. The minimum Gasteiger partial charge on any atom is -0.301 e. The second kappa shape index (κ2) is 7.45. The molecule has 0 saturated carbocycles. The van der Waals surface area contributed by atoms with Crippen LogP contribution in [-0.2, 0) is 23.4 Å². The quantitative estimate of drug-likeness (QED) is 0.875. The first kappa shape index (κ1) is 16.5. The molecule has 1 amide bonds. The molecule has 1 aliphatic carbocycles. The Kier molecular flexibility index (Phi) is 5.33. The van der Waals surface area contributed by atoms with Crippen molar-refractivity contribution in [3.8, 4) is 0 Å². The zero-order valence-corrected chi connectivity index (χ0v) is 14.6. The Bertz CT molecular complexity index is 684. The number of benzene rings is 1. The number of aromatic nitrogens is 1. The van der Waals surface area contributed by atoms with Crippen LogP contribution in [0, 0.1) is 11.7 Å². The van der Waals surface area contributed by atoms with E-state index in [0.717, 1.165) is 29.2 Å². The highest BCUT2D eigenvalue weighted by Crippen LogP contribution is 2.32. The van der Waals surface area contributed by atoms with Crippen LogP contribution in [0.1, 0.15) is 29.5 Å². The van der Waals surface area contributed by atoms with Crippen LogP contribution in [-0.4, -0.2) is 16.6 Å². The summed E-state index contributed by atoms with van der Waals surface area (Å²) in [5.41, 5.74) is 2.17. The Balaban J connectivity index is 1.47. The van der Waals surface area contributed by atoms with Crippen molar-refractivity contribution in [2.45, 2.75) is 31.9 Å². The molecule has 3 rings (SSSR count). The fourth-order valence-electron chi connectivity index (χ4n) is 2.59. The Morgan fingerprint density at radius 2 is 2.22 bits per heavy atom. The molecule has 3 nitrogen and oxygen atoms in total. The van der Waals surface area contributed by atoms with Gasteiger partial charge in [-0.3, -0.25) is 4.79 Å². The number of amides is 1. The number of thioether (sulfide) groups is 1. The maximum absolute atomic E-state index is 12.8. The molecule has 0 spiro atoms. The number of nitrogens with zero attached hydrogens (tertiary/aromatic N) is 1. The van der Waals surface area contributed by atoms with Crippen molar-refractivity contribution in [1.82, 2.24) is 4.98 Å². The molecule has 1 aromatic carbocycles. The molecule has 2 aromatic rings. The van der Waals surface area contributed by atoms with Gasteiger partial charge in [-0.05, 0) is 42.9 Å². The number of aryl methyl sites for hydroxylation is 1. The summed E-state index contributed by atoms with van der Waals surface area (Å²) in [6.45, 7) is 2.26. The van der Waals surface area contributed by atoms with E-state index in [2.05, 4.69) is 17.2 Å². The third-order valence-electron chi connectivity index (χ3n) is 3.85. The van der Waals surface area contributed by atoms with Gasteiger partial charge in [-0.15, -0.1) is 23.1 Å². The smallest absolute Gasteiger partial charge is 0.236 e. The SMILES string of the molecule is CC1CCc2nc(NC(=O)CSCc3ccc(F)cc3)sc2C1. The number of hydrogen-bond acceptors (Lipinski definition) is 4. The Labute approximate surface area is 143 Å². The van der Waals surface area contributed by atoms with E-state index >= 15 is 0 Å². The fraction of sp³-hybridized carbons (Fsp3) is 0.412. The fourth-order valence-corrected chi connectivity index (χ4v) is 4.57. The number of hydrogen-bond donors (Lipinski definition) is 1. The van der Waals surface area contributed by atoms with Crippen LogP contribution in [0.5, 0.6) is 0 Å². The van der Waals surface area contributed by atoms with E-state index in [4.69, 9.17) is 0 Å². The van der Waals surface area contributed by atoms with Crippen molar-refractivity contribution in [3.63, 3.8) is 0 Å². The number of carbonyl (C=O) groups is 1. The van der Waals surface area contributed by atoms with Crippen LogP contribution in [0.25, 0.3) is 0 Å². The molecule has 1 unspecified atom stereocenters. The average molecular weight is 350 g/mol. The molecule has 1 atom stereocenters. The maximum Gasteiger partial charge on any atom is 0.236 e. The van der Waals surface area contributed by atoms with E-state index in [1.807, 2.05) is 0 Å². The molecule has 0 fully saturated rings. The number of fused-ring (bicyclic) bond motifs is 1. The van der Waals surface area contributed by atoms with E-state index in [1.54, 1.807) is 23.5 Å². The van der Waals surface area contributed by atoms with E-state index in [9.17, 15) is 9.18 Å². The molecular weight excluding hydrogens is 331 g/mol. The minimum atomic E-state index is -0.237. The lowest BCUT2D eigenvalue weighted by Gasteiger charge is -2.15. The highest BCUT2D eigenvalue weighted by atomic mass is 32.2. The molecule has 23 heavy (non-hydrogen) atoms. The monoisotopic (exact) mass is 350 g/mol. The summed E-state index contributed by atoms with van der Waals surface area (Å²) < 4.78 is 12.8. The summed E-state index contributed by atoms with van der Waals surface area (Å²) in [6.07, 6.45) is 3.27. The summed E-state index contributed by atoms with van der Waals surface area (Å²) in [4.78, 5) is 17.9. The van der Waals surface area contributed by atoms with Crippen molar-refractivity contribution in [3.05, 3.63) is 46.2 Å². The predicted octanol–water partition coefficient (Wildman–Crippen LogP) is 4.28. The summed E-state index contributed by atoms with van der Waals surface area (Å²) in [5.74, 6) is 1.50. The maximum atomic E-state index is 12.8. The average Bonchev–Trinajstić information content (AvgIpc) is 2.90. The van der Waals surface area contributed by atoms with Crippen LogP contribution in [0.15, 0.2) is 24.3 Å². The van der Waals surface area contributed by atoms with Gasteiger partial charge < -0.3 is 5.32 Å². The van der Waals surface area contributed by atoms with Gasteiger partial charge in [0.25, 0.3) is 0 Å². The van der Waals surface area contributed by atoms with Crippen molar-refractivity contribution in [1.29, 1.82) is 0 Å². The van der Waals surface area contributed by atoms with E-state index in [1.165, 1.54) is 35.2 Å². The first-order valence-corrected chi connectivity index (χ1v) is 9.68. The van der Waals surface area contributed by atoms with Crippen molar-refractivity contribution < 1.29 is 9.18 Å². The van der Waals surface area contributed by atoms with Crippen molar-refractivity contribution in [2.24, 2.45) is 5.92 Å². The lowest BCUT2D eigenvalue weighted by Crippen LogP contribution is -2.14. The second-order valence-electron chi connectivity index (χ2n) is 5.90. The van der Waals surface area contributed by atoms with Gasteiger partial charge in [0.1, 0.15) is 5.82 Å². The number of thiazole rings is 1. The standard InChI is InChI=1S/C17H19FN2OS2/c1-11-2-7-14-15(8-11)23-17(19-14)20-16(21)10-22-9-12-3-5-13(18)6-4-12/h3-6,11H,2,7-10H2,1H3,(H,19,20,21). The van der Waals surface area contributed by atoms with Crippen LogP contribution in [0.3, 0.4) is 0 Å². The third-order valence-corrected chi connectivity index (χ3v) is 5.89. The van der Waals surface area contributed by atoms with Crippen molar-refractivity contribution >= 4 is 34.1 Å². The number of nitrogens with one attached hydrogen (secondary N) is 1. The van der Waals surface area contributed by atoms with Crippen LogP contribution in [0.4, 0.5) is 9.52 Å². The van der Waals surface area contributed by atoms with Gasteiger partial charge in [-0.2, -0.15) is 0 Å². The van der Waals surface area contributed by atoms with Gasteiger partial charge in [-0.25, -0.2) is 9.37 Å². The molecule has 1 aromatic heterocycles. The molecule has 0 bridgehead atoms. The van der Waals surface area contributed by atoms with Crippen LogP contribution < -0.4 is 5.32 Å². The topological polar surface area (TPSA) is 42.0 Å². The normalized spacial score (nSPS) is 16.9. The van der Waals surface area contributed by atoms with Crippen LogP contribution >= 0.6 is 23.1 Å². The molecular formula is C17H19FN2OS2. The number of rotatable bonds is 5. The number of carbonyl (C=O) groups excluding carboxylic acids is 1. The van der Waals surface area contributed by atoms with Gasteiger partial charge in [0.05, 0.1) is 11.4 Å². The van der Waals surface area contributed by atoms with Gasteiger partial charge in [0, 0.05) is 10.6 Å². The molecule has 0 aliphatic heterocycles. The highest BCUT2D eigenvalue weighted by molar-refractivity contribution is 7.99. The minimum absolute atomic E-state index is 0.0312. The number of anilines is 1. The summed E-state index contributed by atoms with van der Waals surface area (Å²) in [7, 11) is 0. The summed E-state index contributed by atoms with van der Waals surface area (Å²) in [5, 5.41) is 3.62. The lowest BCUT2D eigenvalue weighted by atomic mass is 9.93. The Hall–Kier alpha value is -1.40. The molecule has 0 saturated heterocycles. The van der Waals surface area contributed by atoms with Crippen molar-refractivity contribution in [2.75, 3.05) is 11.1 Å². The predicted molar refractivity (Wildman–Crippen MR) is 94.5 cm³/mol. The van der Waals surface area contributed by atoms with Gasteiger partial charge in [0.2, 0.25) is 5.91 Å². The summed E-state index contributed by atoms with van der Waals surface area (Å²) >= 11 is 3.12. The van der Waals surface area contributed by atoms with Gasteiger partial charge >= 0.3 is 0 Å². The second-order valence-corrected chi connectivity index (χ2v) is 7.97.